The maximum atomic E-state index is 12.4. The van der Waals surface area contributed by atoms with Crippen LogP contribution in [0, 0.1) is 13.8 Å². The predicted octanol–water partition coefficient (Wildman–Crippen LogP) is 3.21. The Morgan fingerprint density at radius 2 is 2.05 bits per heavy atom. The fourth-order valence-electron chi connectivity index (χ4n) is 2.44. The van der Waals surface area contributed by atoms with E-state index >= 15 is 0 Å². The van der Waals surface area contributed by atoms with E-state index in [4.69, 9.17) is 4.42 Å². The lowest BCUT2D eigenvalue weighted by Crippen LogP contribution is -2.04. The molecule has 102 valence electrons. The topological polar surface area (TPSA) is 48.0 Å². The quantitative estimate of drug-likeness (QED) is 0.685. The number of benzene rings is 1. The third kappa shape index (κ3) is 2.03. The van der Waals surface area contributed by atoms with Gasteiger partial charge in [0.15, 0.2) is 5.76 Å². The first-order valence-corrected chi connectivity index (χ1v) is 6.57. The number of ketones is 1. The van der Waals surface area contributed by atoms with Crippen LogP contribution in [0.2, 0.25) is 0 Å². The Hall–Kier alpha value is -2.36. The number of aromatic nitrogens is 2. The fraction of sp³-hybridized carbons (Fsp3) is 0.250. The molecule has 0 spiro atoms. The highest BCUT2D eigenvalue weighted by Crippen LogP contribution is 2.21. The van der Waals surface area contributed by atoms with Crippen LogP contribution in [0.4, 0.5) is 0 Å². The van der Waals surface area contributed by atoms with Crippen molar-refractivity contribution in [3.05, 3.63) is 53.0 Å². The molecule has 3 rings (SSSR count). The Balaban J connectivity index is 1.93. The van der Waals surface area contributed by atoms with E-state index in [2.05, 4.69) is 5.10 Å². The minimum Gasteiger partial charge on any atom is -0.453 e. The van der Waals surface area contributed by atoms with Gasteiger partial charge in [0.05, 0.1) is 5.69 Å². The molecule has 0 aliphatic carbocycles. The number of hydrogen-bond acceptors (Lipinski definition) is 3. The number of furan rings is 1. The van der Waals surface area contributed by atoms with Crippen LogP contribution in [-0.4, -0.2) is 15.6 Å². The molecule has 20 heavy (non-hydrogen) atoms. The summed E-state index contributed by atoms with van der Waals surface area (Å²) in [4.78, 5) is 12.4. The van der Waals surface area contributed by atoms with E-state index in [0.717, 1.165) is 27.9 Å². The van der Waals surface area contributed by atoms with Crippen molar-refractivity contribution < 1.29 is 9.21 Å². The highest BCUT2D eigenvalue weighted by molar-refractivity contribution is 5.98. The highest BCUT2D eigenvalue weighted by Gasteiger charge is 2.17. The van der Waals surface area contributed by atoms with Crippen molar-refractivity contribution >= 4 is 16.8 Å². The normalized spacial score (nSPS) is 11.2. The van der Waals surface area contributed by atoms with Crippen LogP contribution >= 0.6 is 0 Å². The van der Waals surface area contributed by atoms with Gasteiger partial charge in [-0.05, 0) is 26.0 Å². The number of nitrogens with zero attached hydrogens (tertiary/aromatic N) is 2. The number of carbonyl (C=O) groups excluding carboxylic acids is 1. The molecule has 0 bridgehead atoms. The van der Waals surface area contributed by atoms with Gasteiger partial charge in [-0.25, -0.2) is 0 Å². The number of hydrogen-bond donors (Lipinski definition) is 0. The lowest BCUT2D eigenvalue weighted by atomic mass is 10.1. The Morgan fingerprint density at radius 3 is 2.70 bits per heavy atom. The summed E-state index contributed by atoms with van der Waals surface area (Å²) >= 11 is 0. The summed E-state index contributed by atoms with van der Waals surface area (Å²) in [6.45, 7) is 3.90. The van der Waals surface area contributed by atoms with Crippen molar-refractivity contribution in [2.45, 2.75) is 20.3 Å². The molecule has 1 aromatic carbocycles. The summed E-state index contributed by atoms with van der Waals surface area (Å²) < 4.78 is 7.41. The zero-order valence-electron chi connectivity index (χ0n) is 11.8. The van der Waals surface area contributed by atoms with Crippen molar-refractivity contribution in [3.63, 3.8) is 0 Å². The van der Waals surface area contributed by atoms with Crippen molar-refractivity contribution in [1.82, 2.24) is 9.78 Å². The maximum Gasteiger partial charge on any atom is 0.202 e. The lowest BCUT2D eigenvalue weighted by molar-refractivity contribution is 0.0968. The van der Waals surface area contributed by atoms with Crippen molar-refractivity contribution in [3.8, 4) is 0 Å². The van der Waals surface area contributed by atoms with E-state index < -0.39 is 0 Å². The largest absolute Gasteiger partial charge is 0.453 e. The second-order valence-corrected chi connectivity index (χ2v) is 5.02. The predicted molar refractivity (Wildman–Crippen MR) is 76.9 cm³/mol. The molecular weight excluding hydrogens is 252 g/mol. The maximum absolute atomic E-state index is 12.4. The summed E-state index contributed by atoms with van der Waals surface area (Å²) in [6, 6.07) is 9.44. The number of aryl methyl sites for hydroxylation is 2. The van der Waals surface area contributed by atoms with Gasteiger partial charge in [0.1, 0.15) is 5.58 Å². The van der Waals surface area contributed by atoms with Crippen LogP contribution in [-0.2, 0) is 13.5 Å². The van der Waals surface area contributed by atoms with Crippen LogP contribution in [0.3, 0.4) is 0 Å². The molecule has 2 aromatic heterocycles. The molecule has 0 saturated carbocycles. The molecule has 0 atom stereocenters. The van der Waals surface area contributed by atoms with Crippen LogP contribution in [0.15, 0.2) is 34.7 Å². The van der Waals surface area contributed by atoms with E-state index in [0.29, 0.717) is 12.2 Å². The molecular formula is C16H16N2O2. The average Bonchev–Trinajstić information content (AvgIpc) is 2.95. The molecule has 4 nitrogen and oxygen atoms in total. The van der Waals surface area contributed by atoms with Crippen molar-refractivity contribution in [2.75, 3.05) is 0 Å². The van der Waals surface area contributed by atoms with E-state index in [1.807, 2.05) is 45.2 Å². The molecule has 0 fully saturated rings. The zero-order valence-corrected chi connectivity index (χ0v) is 11.8. The molecule has 0 amide bonds. The van der Waals surface area contributed by atoms with E-state index in [1.54, 1.807) is 10.7 Å². The summed E-state index contributed by atoms with van der Waals surface area (Å²) in [6.07, 6.45) is 0.325. The van der Waals surface area contributed by atoms with E-state index in [1.165, 1.54) is 0 Å². The molecule has 0 unspecified atom stereocenters. The zero-order chi connectivity index (χ0) is 14.3. The number of para-hydroxylation sites is 1. The number of carbonyl (C=O) groups is 1. The smallest absolute Gasteiger partial charge is 0.202 e. The van der Waals surface area contributed by atoms with Gasteiger partial charge in [-0.1, -0.05) is 18.2 Å². The third-order valence-corrected chi connectivity index (χ3v) is 3.70. The minimum absolute atomic E-state index is 0.0135. The van der Waals surface area contributed by atoms with Crippen molar-refractivity contribution in [1.29, 1.82) is 0 Å². The highest BCUT2D eigenvalue weighted by atomic mass is 16.3. The average molecular weight is 268 g/mol. The third-order valence-electron chi connectivity index (χ3n) is 3.70. The van der Waals surface area contributed by atoms with E-state index in [9.17, 15) is 4.79 Å². The van der Waals surface area contributed by atoms with Gasteiger partial charge in [-0.15, -0.1) is 0 Å². The molecule has 2 heterocycles. The number of rotatable bonds is 3. The van der Waals surface area contributed by atoms with Crippen molar-refractivity contribution in [2.24, 2.45) is 7.05 Å². The van der Waals surface area contributed by atoms with Crippen LogP contribution in [0.25, 0.3) is 11.0 Å². The molecule has 0 aliphatic heterocycles. The second kappa shape index (κ2) is 4.63. The SMILES string of the molecule is Cc1nn(C)c(C)c1CC(=O)c1cc2ccccc2o1. The van der Waals surface area contributed by atoms with Gasteiger partial charge in [-0.2, -0.15) is 5.10 Å². The number of fused-ring (bicyclic) bond motifs is 1. The monoisotopic (exact) mass is 268 g/mol. The summed E-state index contributed by atoms with van der Waals surface area (Å²) in [5, 5.41) is 5.29. The van der Waals surface area contributed by atoms with Crippen LogP contribution in [0.1, 0.15) is 27.5 Å². The van der Waals surface area contributed by atoms with Gasteiger partial charge in [0, 0.05) is 30.1 Å². The van der Waals surface area contributed by atoms with Gasteiger partial charge < -0.3 is 4.42 Å². The first kappa shape index (κ1) is 12.7. The molecule has 0 N–H and O–H groups in total. The fourth-order valence-corrected chi connectivity index (χ4v) is 2.44. The Bertz CT molecular complexity index is 763. The Kier molecular flexibility index (Phi) is 2.93. The molecule has 0 aliphatic rings. The van der Waals surface area contributed by atoms with Gasteiger partial charge >= 0.3 is 0 Å². The van der Waals surface area contributed by atoms with Crippen LogP contribution < -0.4 is 0 Å². The molecule has 0 saturated heterocycles. The second-order valence-electron chi connectivity index (χ2n) is 5.02. The van der Waals surface area contributed by atoms with Gasteiger partial charge in [0.25, 0.3) is 0 Å². The standard InChI is InChI=1S/C16H16N2O2/c1-10-13(11(2)18(3)17-10)9-14(19)16-8-12-6-4-5-7-15(12)20-16/h4-8H,9H2,1-3H3. The first-order chi connectivity index (χ1) is 9.56. The number of Topliss-reactive ketones (excluding diaryl/α,β-unsaturated/α-hetero) is 1. The van der Waals surface area contributed by atoms with Gasteiger partial charge in [0.2, 0.25) is 5.78 Å². The van der Waals surface area contributed by atoms with E-state index in [-0.39, 0.29) is 5.78 Å². The summed E-state index contributed by atoms with van der Waals surface area (Å²) in [5.41, 5.74) is 3.65. The van der Waals surface area contributed by atoms with Crippen LogP contribution in [0.5, 0.6) is 0 Å². The lowest BCUT2D eigenvalue weighted by Gasteiger charge is -1.99. The first-order valence-electron chi connectivity index (χ1n) is 6.57. The molecule has 0 radical (unpaired) electrons. The summed E-state index contributed by atoms with van der Waals surface area (Å²) in [5.74, 6) is 0.397. The summed E-state index contributed by atoms with van der Waals surface area (Å²) in [7, 11) is 1.89. The Labute approximate surface area is 117 Å². The minimum atomic E-state index is -0.0135. The Morgan fingerprint density at radius 1 is 1.30 bits per heavy atom. The molecule has 4 heteroatoms. The van der Waals surface area contributed by atoms with Gasteiger partial charge in [-0.3, -0.25) is 9.48 Å². The molecule has 3 aromatic rings.